The molecule has 1 aromatic heterocycles. The predicted molar refractivity (Wildman–Crippen MR) is 126 cm³/mol. The van der Waals surface area contributed by atoms with Gasteiger partial charge in [-0.1, -0.05) is 30.3 Å². The van der Waals surface area contributed by atoms with E-state index in [9.17, 15) is 4.79 Å². The maximum atomic E-state index is 12.2. The summed E-state index contributed by atoms with van der Waals surface area (Å²) in [6.07, 6.45) is 2.20. The van der Waals surface area contributed by atoms with Gasteiger partial charge < -0.3 is 15.5 Å². The van der Waals surface area contributed by atoms with E-state index in [1.807, 2.05) is 36.9 Å². The fraction of sp³-hybridized carbons (Fsp3) is 0.450. The van der Waals surface area contributed by atoms with Crippen LogP contribution in [0.2, 0.25) is 0 Å². The summed E-state index contributed by atoms with van der Waals surface area (Å²) in [5, 5.41) is 7.56. The second-order valence-electron chi connectivity index (χ2n) is 6.53. The van der Waals surface area contributed by atoms with Crippen molar-refractivity contribution in [3.05, 3.63) is 40.9 Å². The molecule has 0 bridgehead atoms. The third-order valence-electron chi connectivity index (χ3n) is 4.51. The number of carbonyl (C=O) groups excluding carboxylic acids is 1. The Bertz CT molecular complexity index is 787. The molecule has 0 spiro atoms. The SMILES string of the molecule is CCNC(=NCC(=O)N1CCCC1)NCc1sc(-c2ccccc2)nc1C.I. The van der Waals surface area contributed by atoms with Gasteiger partial charge in [0, 0.05) is 30.1 Å². The molecular formula is C20H28IN5OS. The van der Waals surface area contributed by atoms with Gasteiger partial charge in [-0.15, -0.1) is 35.3 Å². The van der Waals surface area contributed by atoms with Gasteiger partial charge in [0.05, 0.1) is 12.2 Å². The number of amides is 1. The highest BCUT2D eigenvalue weighted by molar-refractivity contribution is 14.0. The largest absolute Gasteiger partial charge is 0.357 e. The van der Waals surface area contributed by atoms with E-state index < -0.39 is 0 Å². The molecule has 2 aromatic rings. The van der Waals surface area contributed by atoms with Gasteiger partial charge >= 0.3 is 0 Å². The average Bonchev–Trinajstić information content (AvgIpc) is 3.35. The summed E-state index contributed by atoms with van der Waals surface area (Å²) >= 11 is 1.69. The van der Waals surface area contributed by atoms with E-state index in [2.05, 4.69) is 32.7 Å². The number of halogens is 1. The number of aryl methyl sites for hydroxylation is 1. The zero-order valence-corrected chi connectivity index (χ0v) is 19.5. The Kier molecular flexibility index (Phi) is 9.17. The molecule has 2 heterocycles. The van der Waals surface area contributed by atoms with Gasteiger partial charge in [0.25, 0.3) is 0 Å². The zero-order valence-electron chi connectivity index (χ0n) is 16.4. The second kappa shape index (κ2) is 11.4. The number of thiazole rings is 1. The number of nitrogens with one attached hydrogen (secondary N) is 2. The maximum absolute atomic E-state index is 12.2. The van der Waals surface area contributed by atoms with E-state index >= 15 is 0 Å². The Morgan fingerprint density at radius 1 is 1.21 bits per heavy atom. The monoisotopic (exact) mass is 513 g/mol. The van der Waals surface area contributed by atoms with E-state index in [0.29, 0.717) is 12.5 Å². The summed E-state index contributed by atoms with van der Waals surface area (Å²) in [6, 6.07) is 10.2. The normalized spacial score (nSPS) is 13.9. The lowest BCUT2D eigenvalue weighted by molar-refractivity contribution is -0.128. The molecule has 1 aliphatic heterocycles. The zero-order chi connectivity index (χ0) is 19.1. The van der Waals surface area contributed by atoms with Gasteiger partial charge in [-0.25, -0.2) is 9.98 Å². The van der Waals surface area contributed by atoms with Crippen LogP contribution in [0.5, 0.6) is 0 Å². The lowest BCUT2D eigenvalue weighted by Gasteiger charge is -2.15. The number of carbonyl (C=O) groups is 1. The van der Waals surface area contributed by atoms with Crippen LogP contribution < -0.4 is 10.6 Å². The van der Waals surface area contributed by atoms with Crippen LogP contribution in [0.25, 0.3) is 10.6 Å². The van der Waals surface area contributed by atoms with E-state index in [-0.39, 0.29) is 36.4 Å². The first-order valence-corrected chi connectivity index (χ1v) is 10.3. The number of benzene rings is 1. The molecule has 1 aromatic carbocycles. The Morgan fingerprint density at radius 3 is 2.61 bits per heavy atom. The molecule has 8 heteroatoms. The number of aromatic nitrogens is 1. The molecule has 1 aliphatic rings. The topological polar surface area (TPSA) is 69.6 Å². The third kappa shape index (κ3) is 6.16. The van der Waals surface area contributed by atoms with Crippen LogP contribution in [0.4, 0.5) is 0 Å². The van der Waals surface area contributed by atoms with Crippen molar-refractivity contribution in [3.8, 4) is 10.6 Å². The number of hydrogen-bond donors (Lipinski definition) is 2. The molecule has 2 N–H and O–H groups in total. The highest BCUT2D eigenvalue weighted by Gasteiger charge is 2.17. The van der Waals surface area contributed by atoms with Crippen molar-refractivity contribution in [3.63, 3.8) is 0 Å². The van der Waals surface area contributed by atoms with Crippen molar-refractivity contribution >= 4 is 47.2 Å². The summed E-state index contributed by atoms with van der Waals surface area (Å²) in [4.78, 5) is 24.4. The van der Waals surface area contributed by atoms with Crippen LogP contribution in [0.3, 0.4) is 0 Å². The third-order valence-corrected chi connectivity index (χ3v) is 5.71. The van der Waals surface area contributed by atoms with Gasteiger partial charge in [0.15, 0.2) is 5.96 Å². The smallest absolute Gasteiger partial charge is 0.244 e. The Labute approximate surface area is 187 Å². The predicted octanol–water partition coefficient (Wildman–Crippen LogP) is 3.41. The van der Waals surface area contributed by atoms with Gasteiger partial charge in [0.2, 0.25) is 5.91 Å². The van der Waals surface area contributed by atoms with E-state index in [4.69, 9.17) is 0 Å². The van der Waals surface area contributed by atoms with Crippen LogP contribution in [0.15, 0.2) is 35.3 Å². The van der Waals surface area contributed by atoms with Crippen LogP contribution >= 0.6 is 35.3 Å². The van der Waals surface area contributed by atoms with Crippen LogP contribution in [-0.2, 0) is 11.3 Å². The minimum atomic E-state index is 0. The van der Waals surface area contributed by atoms with Gasteiger partial charge in [-0.05, 0) is 26.7 Å². The summed E-state index contributed by atoms with van der Waals surface area (Å²) < 4.78 is 0. The Morgan fingerprint density at radius 2 is 1.93 bits per heavy atom. The van der Waals surface area contributed by atoms with Crippen molar-refractivity contribution in [1.29, 1.82) is 0 Å². The molecule has 0 unspecified atom stereocenters. The van der Waals surface area contributed by atoms with Crippen molar-refractivity contribution in [2.45, 2.75) is 33.2 Å². The Hall–Kier alpha value is -1.68. The summed E-state index contributed by atoms with van der Waals surface area (Å²) in [5.41, 5.74) is 2.16. The van der Waals surface area contributed by atoms with Crippen LogP contribution in [0.1, 0.15) is 30.3 Å². The summed E-state index contributed by atoms with van der Waals surface area (Å²) in [7, 11) is 0. The van der Waals surface area contributed by atoms with Crippen molar-refractivity contribution in [1.82, 2.24) is 20.5 Å². The fourth-order valence-corrected chi connectivity index (χ4v) is 4.02. The Balaban J connectivity index is 0.00000280. The van der Waals surface area contributed by atoms with Gasteiger partial charge in [0.1, 0.15) is 11.6 Å². The van der Waals surface area contributed by atoms with E-state index in [0.717, 1.165) is 48.7 Å². The highest BCUT2D eigenvalue weighted by Crippen LogP contribution is 2.27. The minimum Gasteiger partial charge on any atom is -0.357 e. The lowest BCUT2D eigenvalue weighted by Crippen LogP contribution is -2.38. The molecule has 1 saturated heterocycles. The first kappa shape index (κ1) is 22.6. The number of likely N-dealkylation sites (tertiary alicyclic amines) is 1. The minimum absolute atomic E-state index is 0. The van der Waals surface area contributed by atoms with Crippen molar-refractivity contribution in [2.24, 2.45) is 4.99 Å². The van der Waals surface area contributed by atoms with E-state index in [1.165, 1.54) is 4.88 Å². The highest BCUT2D eigenvalue weighted by atomic mass is 127. The molecule has 152 valence electrons. The molecule has 6 nitrogen and oxygen atoms in total. The number of rotatable bonds is 6. The molecule has 0 atom stereocenters. The molecule has 28 heavy (non-hydrogen) atoms. The molecule has 0 aliphatic carbocycles. The molecule has 3 rings (SSSR count). The number of guanidine groups is 1. The molecule has 0 radical (unpaired) electrons. The summed E-state index contributed by atoms with van der Waals surface area (Å²) in [5.74, 6) is 0.768. The first-order valence-electron chi connectivity index (χ1n) is 9.49. The van der Waals surface area contributed by atoms with Gasteiger partial charge in [-0.2, -0.15) is 0 Å². The summed E-state index contributed by atoms with van der Waals surface area (Å²) in [6.45, 7) is 7.35. The molecular weight excluding hydrogens is 485 g/mol. The quantitative estimate of drug-likeness (QED) is 0.353. The number of hydrogen-bond acceptors (Lipinski definition) is 4. The first-order chi connectivity index (χ1) is 13.2. The molecule has 1 fully saturated rings. The molecule has 0 saturated carbocycles. The fourth-order valence-electron chi connectivity index (χ4n) is 3.02. The number of aliphatic imine (C=N–C) groups is 1. The standard InChI is InChI=1S/C20H27N5OS.HI/c1-3-21-20(23-14-18(26)25-11-7-8-12-25)22-13-17-15(2)24-19(27-17)16-9-5-4-6-10-16;/h4-6,9-10H,3,7-8,11-14H2,1-2H3,(H2,21,22,23);1H. The average molecular weight is 513 g/mol. The molecule has 1 amide bonds. The lowest BCUT2D eigenvalue weighted by atomic mass is 10.2. The van der Waals surface area contributed by atoms with Crippen molar-refractivity contribution in [2.75, 3.05) is 26.2 Å². The van der Waals surface area contributed by atoms with Crippen LogP contribution in [-0.4, -0.2) is 47.9 Å². The van der Waals surface area contributed by atoms with Crippen LogP contribution in [0, 0.1) is 6.92 Å². The van der Waals surface area contributed by atoms with Gasteiger partial charge in [-0.3, -0.25) is 4.79 Å². The van der Waals surface area contributed by atoms with E-state index in [1.54, 1.807) is 11.3 Å². The number of nitrogens with zero attached hydrogens (tertiary/aromatic N) is 3. The second-order valence-corrected chi connectivity index (χ2v) is 7.61. The van der Waals surface area contributed by atoms with Crippen molar-refractivity contribution < 1.29 is 4.79 Å². The maximum Gasteiger partial charge on any atom is 0.244 e.